The summed E-state index contributed by atoms with van der Waals surface area (Å²) in [5, 5.41) is 14.2. The Balaban J connectivity index is 1.44. The van der Waals surface area contributed by atoms with Crippen LogP contribution in [0.5, 0.6) is 0 Å². The van der Waals surface area contributed by atoms with Crippen LogP contribution in [0, 0.1) is 0 Å². The van der Waals surface area contributed by atoms with Crippen molar-refractivity contribution >= 4 is 11.3 Å². The van der Waals surface area contributed by atoms with E-state index >= 15 is 0 Å². The second-order valence-corrected chi connectivity index (χ2v) is 6.63. The Kier molecular flexibility index (Phi) is 4.89. The minimum absolute atomic E-state index is 0.374. The second-order valence-electron chi connectivity index (χ2n) is 5.68. The van der Waals surface area contributed by atoms with Gasteiger partial charge in [0.2, 0.25) is 17.6 Å². The monoisotopic (exact) mass is 371 g/mol. The molecule has 0 amide bonds. The van der Waals surface area contributed by atoms with Crippen molar-refractivity contribution in [2.24, 2.45) is 0 Å². The molecule has 134 valence electrons. The predicted molar refractivity (Wildman–Crippen MR) is 94.0 cm³/mol. The average Bonchev–Trinajstić information content (AvgIpc) is 3.41. The SMILES string of the molecule is CCCN(Cc1nc(-c2cccs2)no1)Cc1nnc(-c2ccco2)o1. The van der Waals surface area contributed by atoms with Crippen LogP contribution >= 0.6 is 11.3 Å². The van der Waals surface area contributed by atoms with E-state index in [4.69, 9.17) is 13.4 Å². The van der Waals surface area contributed by atoms with Gasteiger partial charge in [0.25, 0.3) is 5.89 Å². The Labute approximate surface area is 153 Å². The van der Waals surface area contributed by atoms with E-state index in [0.29, 0.717) is 42.3 Å². The molecular formula is C17H17N5O3S. The molecule has 0 spiro atoms. The third-order valence-electron chi connectivity index (χ3n) is 3.67. The Morgan fingerprint density at radius 2 is 2.04 bits per heavy atom. The zero-order valence-electron chi connectivity index (χ0n) is 14.2. The van der Waals surface area contributed by atoms with E-state index in [2.05, 4.69) is 32.2 Å². The van der Waals surface area contributed by atoms with Gasteiger partial charge in [0, 0.05) is 0 Å². The molecule has 0 bridgehead atoms. The molecule has 0 fully saturated rings. The molecule has 4 aromatic rings. The number of hydrogen-bond acceptors (Lipinski definition) is 9. The number of rotatable bonds is 8. The fourth-order valence-electron chi connectivity index (χ4n) is 2.56. The van der Waals surface area contributed by atoms with E-state index in [1.807, 2.05) is 17.5 Å². The van der Waals surface area contributed by atoms with Crippen molar-refractivity contribution < 1.29 is 13.4 Å². The van der Waals surface area contributed by atoms with Crippen LogP contribution in [0.1, 0.15) is 25.1 Å². The van der Waals surface area contributed by atoms with E-state index in [9.17, 15) is 0 Å². The van der Waals surface area contributed by atoms with Crippen LogP contribution in [0.25, 0.3) is 22.4 Å². The van der Waals surface area contributed by atoms with Gasteiger partial charge in [0.05, 0.1) is 24.2 Å². The molecule has 4 aromatic heterocycles. The van der Waals surface area contributed by atoms with Crippen molar-refractivity contribution in [2.45, 2.75) is 26.4 Å². The largest absolute Gasteiger partial charge is 0.459 e. The van der Waals surface area contributed by atoms with E-state index in [1.165, 1.54) is 0 Å². The first-order valence-electron chi connectivity index (χ1n) is 8.27. The highest BCUT2D eigenvalue weighted by atomic mass is 32.1. The third-order valence-corrected chi connectivity index (χ3v) is 4.53. The number of furan rings is 1. The molecule has 0 radical (unpaired) electrons. The molecule has 0 aliphatic heterocycles. The molecule has 0 atom stereocenters. The number of aromatic nitrogens is 4. The summed E-state index contributed by atoms with van der Waals surface area (Å²) >= 11 is 1.58. The van der Waals surface area contributed by atoms with Gasteiger partial charge in [-0.05, 0) is 36.5 Å². The Morgan fingerprint density at radius 3 is 2.81 bits per heavy atom. The van der Waals surface area contributed by atoms with Crippen LogP contribution in [0.4, 0.5) is 0 Å². The van der Waals surface area contributed by atoms with Crippen molar-refractivity contribution in [1.82, 2.24) is 25.2 Å². The molecule has 0 N–H and O–H groups in total. The first-order valence-corrected chi connectivity index (χ1v) is 9.15. The first-order chi connectivity index (χ1) is 12.8. The molecule has 0 saturated heterocycles. The highest BCUT2D eigenvalue weighted by Crippen LogP contribution is 2.22. The van der Waals surface area contributed by atoms with Crippen molar-refractivity contribution in [3.8, 4) is 22.4 Å². The van der Waals surface area contributed by atoms with Crippen molar-refractivity contribution in [3.63, 3.8) is 0 Å². The summed E-state index contributed by atoms with van der Waals surface area (Å²) in [6.45, 7) is 3.97. The maximum atomic E-state index is 5.68. The molecule has 0 aromatic carbocycles. The molecular weight excluding hydrogens is 354 g/mol. The van der Waals surface area contributed by atoms with E-state index in [1.54, 1.807) is 29.7 Å². The maximum Gasteiger partial charge on any atom is 0.283 e. The number of nitrogens with zero attached hydrogens (tertiary/aromatic N) is 5. The topological polar surface area (TPSA) is 94.2 Å². The molecule has 0 aliphatic carbocycles. The lowest BCUT2D eigenvalue weighted by Gasteiger charge is -2.16. The molecule has 8 nitrogen and oxygen atoms in total. The van der Waals surface area contributed by atoms with Crippen LogP contribution in [0.15, 0.2) is 49.3 Å². The molecule has 0 saturated carbocycles. The summed E-state index contributed by atoms with van der Waals surface area (Å²) in [5.74, 6) is 2.63. The molecule has 0 unspecified atom stereocenters. The van der Waals surface area contributed by atoms with Gasteiger partial charge in [0.15, 0.2) is 5.76 Å². The van der Waals surface area contributed by atoms with Gasteiger partial charge in [-0.15, -0.1) is 21.5 Å². The average molecular weight is 371 g/mol. The maximum absolute atomic E-state index is 5.68. The standard InChI is InChI=1S/C17H17N5O3S/c1-2-7-22(10-14-18-16(21-25-14)13-6-4-9-26-13)11-15-19-20-17(24-15)12-5-3-8-23-12/h3-6,8-9H,2,7,10-11H2,1H3. The van der Waals surface area contributed by atoms with Crippen molar-refractivity contribution in [1.29, 1.82) is 0 Å². The van der Waals surface area contributed by atoms with Crippen LogP contribution in [-0.2, 0) is 13.1 Å². The zero-order valence-corrected chi connectivity index (χ0v) is 15.0. The highest BCUT2D eigenvalue weighted by Gasteiger charge is 2.17. The highest BCUT2D eigenvalue weighted by molar-refractivity contribution is 7.13. The summed E-state index contributed by atoms with van der Waals surface area (Å²) in [6.07, 6.45) is 2.55. The minimum atomic E-state index is 0.374. The quantitative estimate of drug-likeness (QED) is 0.461. The molecule has 4 rings (SSSR count). The van der Waals surface area contributed by atoms with Crippen LogP contribution in [0.3, 0.4) is 0 Å². The van der Waals surface area contributed by atoms with Gasteiger partial charge in [-0.3, -0.25) is 4.90 Å². The Morgan fingerprint density at radius 1 is 1.12 bits per heavy atom. The minimum Gasteiger partial charge on any atom is -0.459 e. The normalized spacial score (nSPS) is 11.5. The van der Waals surface area contributed by atoms with Gasteiger partial charge < -0.3 is 13.4 Å². The lowest BCUT2D eigenvalue weighted by atomic mass is 10.4. The lowest BCUT2D eigenvalue weighted by Crippen LogP contribution is -2.24. The van der Waals surface area contributed by atoms with Gasteiger partial charge in [-0.1, -0.05) is 18.1 Å². The fraction of sp³-hybridized carbons (Fsp3) is 0.294. The molecule has 0 aliphatic rings. The van der Waals surface area contributed by atoms with Gasteiger partial charge in [-0.25, -0.2) is 0 Å². The third kappa shape index (κ3) is 3.73. The summed E-state index contributed by atoms with van der Waals surface area (Å²) in [5.41, 5.74) is 0. The summed E-state index contributed by atoms with van der Waals surface area (Å²) in [7, 11) is 0. The second kappa shape index (κ2) is 7.63. The van der Waals surface area contributed by atoms with Crippen LogP contribution in [0.2, 0.25) is 0 Å². The molecule has 26 heavy (non-hydrogen) atoms. The van der Waals surface area contributed by atoms with Crippen molar-refractivity contribution in [3.05, 3.63) is 47.7 Å². The van der Waals surface area contributed by atoms with Gasteiger partial charge in [0.1, 0.15) is 0 Å². The van der Waals surface area contributed by atoms with E-state index in [0.717, 1.165) is 17.8 Å². The van der Waals surface area contributed by atoms with Gasteiger partial charge >= 0.3 is 0 Å². The van der Waals surface area contributed by atoms with E-state index in [-0.39, 0.29) is 0 Å². The zero-order chi connectivity index (χ0) is 17.8. The summed E-state index contributed by atoms with van der Waals surface area (Å²) < 4.78 is 16.4. The first kappa shape index (κ1) is 16.7. The fourth-order valence-corrected chi connectivity index (χ4v) is 3.20. The predicted octanol–water partition coefficient (Wildman–Crippen LogP) is 3.85. The Bertz CT molecular complexity index is 855. The van der Waals surface area contributed by atoms with Gasteiger partial charge in [-0.2, -0.15) is 4.98 Å². The summed E-state index contributed by atoms with van der Waals surface area (Å²) in [4.78, 5) is 7.59. The van der Waals surface area contributed by atoms with E-state index < -0.39 is 0 Å². The number of hydrogen-bond donors (Lipinski definition) is 0. The lowest BCUT2D eigenvalue weighted by molar-refractivity contribution is 0.201. The smallest absolute Gasteiger partial charge is 0.283 e. The summed E-state index contributed by atoms with van der Waals surface area (Å²) in [6, 6.07) is 7.50. The van der Waals surface area contributed by atoms with Crippen LogP contribution < -0.4 is 0 Å². The van der Waals surface area contributed by atoms with Crippen LogP contribution in [-0.4, -0.2) is 31.8 Å². The Hall–Kier alpha value is -2.78. The molecule has 9 heteroatoms. The van der Waals surface area contributed by atoms with Crippen molar-refractivity contribution in [2.75, 3.05) is 6.54 Å². The molecule has 4 heterocycles. The number of thiophene rings is 1.